The number of ether oxygens (including phenoxy) is 2. The summed E-state index contributed by atoms with van der Waals surface area (Å²) in [7, 11) is 0. The van der Waals surface area contributed by atoms with E-state index in [2.05, 4.69) is 4.98 Å². The minimum atomic E-state index is -0.530. The monoisotopic (exact) mass is 383 g/mol. The van der Waals surface area contributed by atoms with Gasteiger partial charge in [-0.2, -0.15) is 4.98 Å². The Labute approximate surface area is 151 Å². The lowest BCUT2D eigenvalue weighted by molar-refractivity contribution is -0.382. The number of non-ortho nitro benzene ring substituents is 1. The summed E-state index contributed by atoms with van der Waals surface area (Å²) < 4.78 is 11.7. The van der Waals surface area contributed by atoms with Gasteiger partial charge >= 0.3 is 0 Å². The molecule has 1 aromatic heterocycles. The van der Waals surface area contributed by atoms with Gasteiger partial charge in [0.05, 0.1) is 23.5 Å². The molecule has 25 heavy (non-hydrogen) atoms. The Morgan fingerprint density at radius 2 is 1.96 bits per heavy atom. The summed E-state index contributed by atoms with van der Waals surface area (Å²) in [6, 6.07) is 2.68. The molecule has 0 atom stereocenters. The van der Waals surface area contributed by atoms with E-state index in [0.717, 1.165) is 11.3 Å². The zero-order valence-corrected chi connectivity index (χ0v) is 14.6. The Hall–Kier alpha value is -1.81. The molecular formula is C15H14ClN3O5S. The number of halogens is 1. The van der Waals surface area contributed by atoms with E-state index in [1.54, 1.807) is 0 Å². The van der Waals surface area contributed by atoms with E-state index in [0.29, 0.717) is 44.3 Å². The highest BCUT2D eigenvalue weighted by molar-refractivity contribution is 7.22. The topological polar surface area (TPSA) is 94.8 Å². The number of nitrogens with zero attached hydrogens (tertiary/aromatic N) is 3. The molecule has 2 aromatic rings. The number of rotatable bonds is 2. The fourth-order valence-corrected chi connectivity index (χ4v) is 4.53. The molecule has 2 saturated heterocycles. The highest BCUT2D eigenvalue weighted by Gasteiger charge is 2.40. The number of piperidine rings is 1. The van der Waals surface area contributed by atoms with E-state index in [1.165, 1.54) is 12.1 Å². The Morgan fingerprint density at radius 1 is 1.28 bits per heavy atom. The standard InChI is InChI=1S/C15H14ClN3O5S/c16-9-7-10-12(11(8-9)19(21)22)25-14(17-13(10)20)18-3-1-15(2-4-18)23-5-6-24-15/h7-8H,1-6H2. The molecule has 4 rings (SSSR count). The van der Waals surface area contributed by atoms with E-state index in [-0.39, 0.29) is 20.8 Å². The van der Waals surface area contributed by atoms with Gasteiger partial charge in [-0.3, -0.25) is 14.9 Å². The normalized spacial score (nSPS) is 19.6. The van der Waals surface area contributed by atoms with Gasteiger partial charge in [0.1, 0.15) is 4.70 Å². The summed E-state index contributed by atoms with van der Waals surface area (Å²) in [6.07, 6.45) is 1.33. The van der Waals surface area contributed by atoms with Crippen LogP contribution in [0.2, 0.25) is 5.02 Å². The van der Waals surface area contributed by atoms with Crippen LogP contribution in [0.5, 0.6) is 0 Å². The van der Waals surface area contributed by atoms with Crippen LogP contribution in [0.4, 0.5) is 10.8 Å². The summed E-state index contributed by atoms with van der Waals surface area (Å²) in [5.41, 5.74) is -0.688. The molecule has 3 heterocycles. The molecule has 0 aliphatic carbocycles. The van der Waals surface area contributed by atoms with Gasteiger partial charge in [-0.05, 0) is 6.07 Å². The first kappa shape index (κ1) is 16.6. The minimum absolute atomic E-state index is 0.147. The Kier molecular flexibility index (Phi) is 4.11. The Bertz CT molecular complexity index is 902. The lowest BCUT2D eigenvalue weighted by atomic mass is 10.0. The minimum Gasteiger partial charge on any atom is -0.348 e. The third kappa shape index (κ3) is 2.97. The smallest absolute Gasteiger partial charge is 0.288 e. The van der Waals surface area contributed by atoms with E-state index >= 15 is 0 Å². The number of nitro groups is 1. The van der Waals surface area contributed by atoms with Gasteiger partial charge in [0.25, 0.3) is 11.2 Å². The summed E-state index contributed by atoms with van der Waals surface area (Å²) >= 11 is 7.03. The van der Waals surface area contributed by atoms with Crippen molar-refractivity contribution in [2.45, 2.75) is 18.6 Å². The SMILES string of the molecule is O=c1nc(N2CCC3(CC2)OCCO3)sc2c([N+](=O)[O-])cc(Cl)cc12. The molecule has 2 aliphatic heterocycles. The second-order valence-electron chi connectivity index (χ2n) is 5.95. The predicted molar refractivity (Wildman–Crippen MR) is 93.6 cm³/mol. The van der Waals surface area contributed by atoms with E-state index in [4.69, 9.17) is 21.1 Å². The van der Waals surface area contributed by atoms with Crippen molar-refractivity contribution in [2.75, 3.05) is 31.2 Å². The van der Waals surface area contributed by atoms with Crippen molar-refractivity contribution in [2.24, 2.45) is 0 Å². The van der Waals surface area contributed by atoms with Gasteiger partial charge in [0, 0.05) is 37.0 Å². The number of hydrogen-bond donors (Lipinski definition) is 0. The molecule has 1 aromatic carbocycles. The zero-order chi connectivity index (χ0) is 17.6. The van der Waals surface area contributed by atoms with Crippen LogP contribution >= 0.6 is 22.9 Å². The molecular weight excluding hydrogens is 370 g/mol. The largest absolute Gasteiger partial charge is 0.348 e. The van der Waals surface area contributed by atoms with Crippen LogP contribution < -0.4 is 10.5 Å². The van der Waals surface area contributed by atoms with Crippen molar-refractivity contribution in [3.63, 3.8) is 0 Å². The van der Waals surface area contributed by atoms with Crippen molar-refractivity contribution in [1.82, 2.24) is 4.98 Å². The quantitative estimate of drug-likeness (QED) is 0.581. The van der Waals surface area contributed by atoms with Gasteiger partial charge in [0.15, 0.2) is 10.9 Å². The summed E-state index contributed by atoms with van der Waals surface area (Å²) in [4.78, 5) is 29.2. The maximum Gasteiger partial charge on any atom is 0.288 e. The maximum absolute atomic E-state index is 12.4. The lowest BCUT2D eigenvalue weighted by Crippen LogP contribution is -2.45. The van der Waals surface area contributed by atoms with Gasteiger partial charge < -0.3 is 14.4 Å². The summed E-state index contributed by atoms with van der Waals surface area (Å²) in [5, 5.41) is 12.1. The lowest BCUT2D eigenvalue weighted by Gasteiger charge is -2.37. The Balaban J connectivity index is 1.71. The molecule has 0 saturated carbocycles. The molecule has 132 valence electrons. The van der Waals surface area contributed by atoms with Gasteiger partial charge in [0.2, 0.25) is 0 Å². The van der Waals surface area contributed by atoms with Crippen LogP contribution in [-0.2, 0) is 9.47 Å². The van der Waals surface area contributed by atoms with Gasteiger partial charge in [-0.15, -0.1) is 0 Å². The highest BCUT2D eigenvalue weighted by Crippen LogP contribution is 2.37. The molecule has 0 bridgehead atoms. The molecule has 0 N–H and O–H groups in total. The van der Waals surface area contributed by atoms with Gasteiger partial charge in [-0.25, -0.2) is 0 Å². The van der Waals surface area contributed by atoms with Crippen molar-refractivity contribution < 1.29 is 14.4 Å². The van der Waals surface area contributed by atoms with E-state index in [1.807, 2.05) is 4.90 Å². The van der Waals surface area contributed by atoms with Crippen LogP contribution in [0.25, 0.3) is 10.1 Å². The van der Waals surface area contributed by atoms with Crippen molar-refractivity contribution in [1.29, 1.82) is 0 Å². The Morgan fingerprint density at radius 3 is 2.60 bits per heavy atom. The zero-order valence-electron chi connectivity index (χ0n) is 13.1. The van der Waals surface area contributed by atoms with Crippen molar-refractivity contribution in [3.05, 3.63) is 37.6 Å². The fourth-order valence-electron chi connectivity index (χ4n) is 3.20. The number of hydrogen-bond acceptors (Lipinski definition) is 8. The summed E-state index contributed by atoms with van der Waals surface area (Å²) in [6.45, 7) is 2.40. The maximum atomic E-state index is 12.4. The number of aromatic nitrogens is 1. The molecule has 8 nitrogen and oxygen atoms in total. The van der Waals surface area contributed by atoms with Crippen LogP contribution in [0.3, 0.4) is 0 Å². The van der Waals surface area contributed by atoms with Crippen LogP contribution in [0.15, 0.2) is 16.9 Å². The van der Waals surface area contributed by atoms with Crippen LogP contribution in [-0.4, -0.2) is 42.0 Å². The molecule has 2 aliphatic rings. The van der Waals surface area contributed by atoms with Gasteiger partial charge in [-0.1, -0.05) is 22.9 Å². The molecule has 1 spiro atoms. The summed E-state index contributed by atoms with van der Waals surface area (Å²) in [5.74, 6) is -0.530. The second kappa shape index (κ2) is 6.17. The average molecular weight is 384 g/mol. The first-order chi connectivity index (χ1) is 12.0. The van der Waals surface area contributed by atoms with Crippen molar-refractivity contribution in [3.8, 4) is 0 Å². The molecule has 2 fully saturated rings. The molecule has 10 heteroatoms. The van der Waals surface area contributed by atoms with Crippen LogP contribution in [0, 0.1) is 10.1 Å². The molecule has 0 amide bonds. The number of anilines is 1. The van der Waals surface area contributed by atoms with Crippen LogP contribution in [0.1, 0.15) is 12.8 Å². The van der Waals surface area contributed by atoms with E-state index < -0.39 is 16.3 Å². The number of nitro benzene ring substituents is 1. The predicted octanol–water partition coefficient (Wildman–Crippen LogP) is 2.56. The van der Waals surface area contributed by atoms with E-state index in [9.17, 15) is 14.9 Å². The first-order valence-electron chi connectivity index (χ1n) is 7.79. The molecule has 0 unspecified atom stereocenters. The highest BCUT2D eigenvalue weighted by atomic mass is 35.5. The molecule has 0 radical (unpaired) electrons. The number of benzene rings is 1. The third-order valence-corrected chi connectivity index (χ3v) is 5.84. The van der Waals surface area contributed by atoms with Crippen molar-refractivity contribution >= 4 is 43.8 Å². The third-order valence-electron chi connectivity index (χ3n) is 4.46. The average Bonchev–Trinajstić information content (AvgIpc) is 3.03. The second-order valence-corrected chi connectivity index (χ2v) is 7.37. The fraction of sp³-hybridized carbons (Fsp3) is 0.467. The first-order valence-corrected chi connectivity index (χ1v) is 8.99. The number of fused-ring (bicyclic) bond motifs is 1.